The van der Waals surface area contributed by atoms with Crippen molar-refractivity contribution in [2.24, 2.45) is 0 Å². The number of aryl methyl sites for hydroxylation is 1. The van der Waals surface area contributed by atoms with Crippen LogP contribution in [0.25, 0.3) is 5.69 Å². The van der Waals surface area contributed by atoms with E-state index in [-0.39, 0.29) is 24.1 Å². The maximum atomic E-state index is 12.1. The second-order valence-electron chi connectivity index (χ2n) is 6.18. The second kappa shape index (κ2) is 9.18. The molecule has 0 unspecified atom stereocenters. The molecule has 0 saturated carbocycles. The number of carbonyl (C=O) groups excluding carboxylic acids is 2. The molecule has 0 saturated heterocycles. The van der Waals surface area contributed by atoms with Crippen LogP contribution in [0.15, 0.2) is 60.0 Å². The van der Waals surface area contributed by atoms with Crippen molar-refractivity contribution in [3.05, 3.63) is 66.0 Å². The zero-order valence-electron chi connectivity index (χ0n) is 15.7. The van der Waals surface area contributed by atoms with Crippen LogP contribution in [0.5, 0.6) is 0 Å². The lowest BCUT2D eigenvalue weighted by Gasteiger charge is -2.11. The summed E-state index contributed by atoms with van der Waals surface area (Å²) in [6, 6.07) is 15.4. The largest absolute Gasteiger partial charge is 0.346 e. The van der Waals surface area contributed by atoms with Gasteiger partial charge in [0, 0.05) is 11.4 Å². The maximum Gasteiger partial charge on any atom is 0.243 e. The lowest BCUT2D eigenvalue weighted by molar-refractivity contribution is -0.122. The van der Waals surface area contributed by atoms with Gasteiger partial charge in [-0.05, 0) is 43.2 Å². The molecule has 0 spiro atoms. The van der Waals surface area contributed by atoms with Crippen molar-refractivity contribution in [1.29, 1.82) is 0 Å². The van der Waals surface area contributed by atoms with Crippen molar-refractivity contribution in [2.75, 3.05) is 17.6 Å². The molecule has 0 aliphatic heterocycles. The molecule has 2 N–H and O–H groups in total. The third-order valence-corrected chi connectivity index (χ3v) is 5.15. The Hall–Kier alpha value is -3.13. The highest BCUT2D eigenvalue weighted by Crippen LogP contribution is 2.19. The molecule has 0 aliphatic carbocycles. The summed E-state index contributed by atoms with van der Waals surface area (Å²) < 4.78 is 1.81. The normalized spacial score (nSPS) is 10.5. The third-order valence-electron chi connectivity index (χ3n) is 4.21. The number of nitrogens with zero attached hydrogens (tertiary/aromatic N) is 3. The van der Waals surface area contributed by atoms with E-state index in [1.165, 1.54) is 11.8 Å². The number of nitrogens with one attached hydrogen (secondary N) is 2. The van der Waals surface area contributed by atoms with Gasteiger partial charge in [0.15, 0.2) is 5.16 Å². The van der Waals surface area contributed by atoms with Crippen molar-refractivity contribution in [3.63, 3.8) is 0 Å². The summed E-state index contributed by atoms with van der Waals surface area (Å²) in [5.41, 5.74) is 3.78. The Balaban J connectivity index is 1.48. The first-order chi connectivity index (χ1) is 13.5. The molecule has 0 bridgehead atoms. The number of carbonyl (C=O) groups is 2. The number of amides is 2. The number of rotatable bonds is 7. The predicted molar refractivity (Wildman–Crippen MR) is 110 cm³/mol. The molecule has 2 amide bonds. The van der Waals surface area contributed by atoms with Crippen LogP contribution in [0.3, 0.4) is 0 Å². The number of thioether (sulfide) groups is 1. The number of hydrogen-bond acceptors (Lipinski definition) is 5. The monoisotopic (exact) mass is 395 g/mol. The first-order valence-corrected chi connectivity index (χ1v) is 9.74. The molecule has 3 rings (SSSR count). The van der Waals surface area contributed by atoms with Crippen LogP contribution in [0.4, 0.5) is 5.69 Å². The molecule has 8 heteroatoms. The van der Waals surface area contributed by atoms with Crippen LogP contribution >= 0.6 is 11.8 Å². The quantitative estimate of drug-likeness (QED) is 0.601. The van der Waals surface area contributed by atoms with Crippen molar-refractivity contribution < 1.29 is 9.59 Å². The fourth-order valence-electron chi connectivity index (χ4n) is 2.53. The predicted octanol–water partition coefficient (Wildman–Crippen LogP) is 2.73. The molecular weight excluding hydrogens is 374 g/mol. The van der Waals surface area contributed by atoms with Gasteiger partial charge in [0.05, 0.1) is 12.3 Å². The fraction of sp³-hybridized carbons (Fsp3) is 0.200. The SMILES string of the molecule is Cc1cccc(NC(=O)CNC(=O)CSc2nncn2-c2ccccc2)c1C. The van der Waals surface area contributed by atoms with Gasteiger partial charge in [-0.25, -0.2) is 0 Å². The maximum absolute atomic E-state index is 12.1. The van der Waals surface area contributed by atoms with E-state index in [9.17, 15) is 9.59 Å². The lowest BCUT2D eigenvalue weighted by Crippen LogP contribution is -2.34. The molecule has 2 aromatic carbocycles. The molecule has 0 atom stereocenters. The van der Waals surface area contributed by atoms with Crippen LogP contribution in [0.2, 0.25) is 0 Å². The molecule has 7 nitrogen and oxygen atoms in total. The minimum atomic E-state index is -0.264. The van der Waals surface area contributed by atoms with E-state index >= 15 is 0 Å². The summed E-state index contributed by atoms with van der Waals surface area (Å²) in [5, 5.41) is 14.0. The molecule has 1 heterocycles. The Labute approximate surface area is 167 Å². The van der Waals surface area contributed by atoms with Crippen LogP contribution in [-0.4, -0.2) is 38.9 Å². The molecule has 144 valence electrons. The summed E-state index contributed by atoms with van der Waals surface area (Å²) >= 11 is 1.26. The summed E-state index contributed by atoms with van der Waals surface area (Å²) in [4.78, 5) is 24.2. The van der Waals surface area contributed by atoms with Crippen LogP contribution in [0.1, 0.15) is 11.1 Å². The molecular formula is C20H21N5O2S. The van der Waals surface area contributed by atoms with Gasteiger partial charge in [0.25, 0.3) is 0 Å². The van der Waals surface area contributed by atoms with Gasteiger partial charge in [-0.3, -0.25) is 14.2 Å². The average Bonchev–Trinajstić information content (AvgIpc) is 3.17. The second-order valence-corrected chi connectivity index (χ2v) is 7.12. The van der Waals surface area contributed by atoms with Gasteiger partial charge >= 0.3 is 0 Å². The number of hydrogen-bond donors (Lipinski definition) is 2. The van der Waals surface area contributed by atoms with E-state index in [2.05, 4.69) is 20.8 Å². The zero-order chi connectivity index (χ0) is 19.9. The standard InChI is InChI=1S/C20H21N5O2S/c1-14-7-6-10-17(15(14)2)23-18(26)11-21-19(27)12-28-20-24-22-13-25(20)16-8-4-3-5-9-16/h3-10,13H,11-12H2,1-2H3,(H,21,27)(H,23,26). The molecule has 28 heavy (non-hydrogen) atoms. The lowest BCUT2D eigenvalue weighted by atomic mass is 10.1. The molecule has 0 fully saturated rings. The minimum absolute atomic E-state index is 0.0852. The smallest absolute Gasteiger partial charge is 0.243 e. The Morgan fingerprint density at radius 2 is 1.82 bits per heavy atom. The minimum Gasteiger partial charge on any atom is -0.346 e. The summed E-state index contributed by atoms with van der Waals surface area (Å²) in [6.45, 7) is 3.85. The van der Waals surface area contributed by atoms with Crippen molar-refractivity contribution in [1.82, 2.24) is 20.1 Å². The molecule has 0 radical (unpaired) electrons. The van der Waals surface area contributed by atoms with Crippen LogP contribution < -0.4 is 10.6 Å². The number of benzene rings is 2. The van der Waals surface area contributed by atoms with E-state index < -0.39 is 0 Å². The highest BCUT2D eigenvalue weighted by Gasteiger charge is 2.12. The van der Waals surface area contributed by atoms with Gasteiger partial charge in [-0.2, -0.15) is 0 Å². The Morgan fingerprint density at radius 1 is 1.04 bits per heavy atom. The van der Waals surface area contributed by atoms with E-state index in [1.807, 2.05) is 66.9 Å². The highest BCUT2D eigenvalue weighted by atomic mass is 32.2. The number of para-hydroxylation sites is 1. The van der Waals surface area contributed by atoms with Gasteiger partial charge < -0.3 is 10.6 Å². The van der Waals surface area contributed by atoms with E-state index in [0.717, 1.165) is 22.5 Å². The zero-order valence-corrected chi connectivity index (χ0v) is 16.5. The molecule has 0 aliphatic rings. The summed E-state index contributed by atoms with van der Waals surface area (Å²) in [5.74, 6) is -0.370. The number of aromatic nitrogens is 3. The Kier molecular flexibility index (Phi) is 6.44. The number of anilines is 1. The topological polar surface area (TPSA) is 88.9 Å². The van der Waals surface area contributed by atoms with Gasteiger partial charge in [-0.1, -0.05) is 42.1 Å². The third kappa shape index (κ3) is 4.98. The average molecular weight is 395 g/mol. The molecule has 1 aromatic heterocycles. The summed E-state index contributed by atoms with van der Waals surface area (Å²) in [7, 11) is 0. The van der Waals surface area contributed by atoms with Gasteiger partial charge in [-0.15, -0.1) is 10.2 Å². The Bertz CT molecular complexity index is 972. The van der Waals surface area contributed by atoms with E-state index in [1.54, 1.807) is 6.33 Å². The van der Waals surface area contributed by atoms with E-state index in [4.69, 9.17) is 0 Å². The van der Waals surface area contributed by atoms with Gasteiger partial charge in [0.1, 0.15) is 6.33 Å². The first kappa shape index (κ1) is 19.6. The van der Waals surface area contributed by atoms with Crippen LogP contribution in [0, 0.1) is 13.8 Å². The van der Waals surface area contributed by atoms with Crippen molar-refractivity contribution in [3.8, 4) is 5.69 Å². The van der Waals surface area contributed by atoms with Crippen molar-refractivity contribution in [2.45, 2.75) is 19.0 Å². The highest BCUT2D eigenvalue weighted by molar-refractivity contribution is 7.99. The Morgan fingerprint density at radius 3 is 2.61 bits per heavy atom. The first-order valence-electron chi connectivity index (χ1n) is 8.75. The molecule has 3 aromatic rings. The van der Waals surface area contributed by atoms with Crippen molar-refractivity contribution >= 4 is 29.3 Å². The fourth-order valence-corrected chi connectivity index (χ4v) is 3.29. The summed E-state index contributed by atoms with van der Waals surface area (Å²) in [6.07, 6.45) is 1.60. The van der Waals surface area contributed by atoms with Crippen LogP contribution in [-0.2, 0) is 9.59 Å². The van der Waals surface area contributed by atoms with Gasteiger partial charge in [0.2, 0.25) is 11.8 Å². The van der Waals surface area contributed by atoms with E-state index in [0.29, 0.717) is 5.16 Å².